The van der Waals surface area contributed by atoms with E-state index in [0.29, 0.717) is 11.6 Å². The second kappa shape index (κ2) is 9.16. The maximum atomic E-state index is 12.8. The summed E-state index contributed by atoms with van der Waals surface area (Å²) in [7, 11) is 0. The third-order valence-electron chi connectivity index (χ3n) is 4.73. The summed E-state index contributed by atoms with van der Waals surface area (Å²) >= 11 is 0. The largest absolute Gasteiger partial charge is 0.360 e. The molecule has 0 radical (unpaired) electrons. The van der Waals surface area contributed by atoms with Gasteiger partial charge in [0, 0.05) is 18.2 Å². The van der Waals surface area contributed by atoms with Crippen molar-refractivity contribution in [1.82, 2.24) is 10.1 Å². The molecule has 6 nitrogen and oxygen atoms in total. The fourth-order valence-electron chi connectivity index (χ4n) is 3.37. The number of anilines is 1. The van der Waals surface area contributed by atoms with Gasteiger partial charge in [0.25, 0.3) is 0 Å². The van der Waals surface area contributed by atoms with Crippen LogP contribution in [0.4, 0.5) is 5.82 Å². The van der Waals surface area contributed by atoms with Gasteiger partial charge < -0.3 is 14.7 Å². The smallest absolute Gasteiger partial charge is 0.247 e. The van der Waals surface area contributed by atoms with Crippen LogP contribution in [0.5, 0.6) is 0 Å². The predicted octanol–water partition coefficient (Wildman–Crippen LogP) is 3.80. The monoisotopic (exact) mass is 367 g/mol. The van der Waals surface area contributed by atoms with Crippen molar-refractivity contribution in [2.45, 2.75) is 45.1 Å². The van der Waals surface area contributed by atoms with Crippen molar-refractivity contribution in [3.63, 3.8) is 0 Å². The van der Waals surface area contributed by atoms with Crippen LogP contribution in [-0.2, 0) is 9.59 Å². The van der Waals surface area contributed by atoms with Crippen molar-refractivity contribution in [3.05, 3.63) is 53.8 Å². The Hall–Kier alpha value is -2.89. The van der Waals surface area contributed by atoms with Crippen LogP contribution in [0.2, 0.25) is 0 Å². The molecule has 1 saturated carbocycles. The average Bonchev–Trinajstić information content (AvgIpc) is 3.10. The Kier molecular flexibility index (Phi) is 6.41. The van der Waals surface area contributed by atoms with Gasteiger partial charge in [-0.05, 0) is 31.4 Å². The van der Waals surface area contributed by atoms with E-state index in [9.17, 15) is 9.59 Å². The highest BCUT2D eigenvalue weighted by atomic mass is 16.5. The maximum Gasteiger partial charge on any atom is 0.247 e. The van der Waals surface area contributed by atoms with Crippen molar-refractivity contribution in [1.29, 1.82) is 0 Å². The van der Waals surface area contributed by atoms with Gasteiger partial charge in [0.15, 0.2) is 5.82 Å². The first-order valence-corrected chi connectivity index (χ1v) is 9.39. The number of amides is 2. The Bertz CT molecular complexity index is 792. The molecule has 1 aromatic carbocycles. The molecule has 1 aliphatic carbocycles. The number of hydrogen-bond donors (Lipinski definition) is 1. The van der Waals surface area contributed by atoms with Crippen LogP contribution < -0.4 is 5.32 Å². The zero-order valence-electron chi connectivity index (χ0n) is 15.6. The van der Waals surface area contributed by atoms with Gasteiger partial charge in [0.05, 0.1) is 0 Å². The van der Waals surface area contributed by atoms with Crippen LogP contribution >= 0.6 is 0 Å². The quantitative estimate of drug-likeness (QED) is 0.788. The molecule has 1 N–H and O–H groups in total. The lowest BCUT2D eigenvalue weighted by molar-refractivity contribution is -0.133. The van der Waals surface area contributed by atoms with Crippen molar-refractivity contribution < 1.29 is 14.1 Å². The molecule has 1 aromatic heterocycles. The molecule has 0 atom stereocenters. The van der Waals surface area contributed by atoms with Crippen LogP contribution in [-0.4, -0.2) is 34.5 Å². The number of aromatic nitrogens is 1. The fourth-order valence-corrected chi connectivity index (χ4v) is 3.37. The van der Waals surface area contributed by atoms with Gasteiger partial charge in [-0.2, -0.15) is 0 Å². The summed E-state index contributed by atoms with van der Waals surface area (Å²) in [4.78, 5) is 27.0. The minimum atomic E-state index is -0.268. The van der Waals surface area contributed by atoms with Gasteiger partial charge in [-0.3, -0.25) is 9.59 Å². The molecule has 142 valence electrons. The van der Waals surface area contributed by atoms with Gasteiger partial charge in [-0.25, -0.2) is 0 Å². The molecule has 1 fully saturated rings. The molecular weight excluding hydrogens is 342 g/mol. The van der Waals surface area contributed by atoms with Gasteiger partial charge in [0.1, 0.15) is 12.3 Å². The lowest BCUT2D eigenvalue weighted by Gasteiger charge is -2.33. The second-order valence-electron chi connectivity index (χ2n) is 6.87. The first-order valence-electron chi connectivity index (χ1n) is 9.39. The van der Waals surface area contributed by atoms with Gasteiger partial charge in [-0.15, -0.1) is 0 Å². The maximum absolute atomic E-state index is 12.8. The van der Waals surface area contributed by atoms with E-state index in [0.717, 1.165) is 31.2 Å². The standard InChI is InChI=1S/C21H25N3O3/c1-16-14-19(23-27-16)22-20(25)15-24(18-10-6-3-7-11-18)21(26)13-12-17-8-4-2-5-9-17/h2,4-5,8-9,12-14,18H,3,6-7,10-11,15H2,1H3,(H,22,23,25). The minimum absolute atomic E-state index is 0.00847. The number of aryl methyl sites for hydroxylation is 1. The third kappa shape index (κ3) is 5.54. The van der Waals surface area contributed by atoms with Gasteiger partial charge in [0.2, 0.25) is 11.8 Å². The van der Waals surface area contributed by atoms with E-state index >= 15 is 0 Å². The molecule has 1 aliphatic rings. The lowest BCUT2D eigenvalue weighted by Crippen LogP contribution is -2.45. The predicted molar refractivity (Wildman–Crippen MR) is 104 cm³/mol. The van der Waals surface area contributed by atoms with Gasteiger partial charge >= 0.3 is 0 Å². The molecular formula is C21H25N3O3. The SMILES string of the molecule is Cc1cc(NC(=O)CN(C(=O)C=Cc2ccccc2)C2CCCCC2)no1. The van der Waals surface area contributed by atoms with Crippen molar-refractivity contribution in [2.24, 2.45) is 0 Å². The minimum Gasteiger partial charge on any atom is -0.360 e. The van der Waals surface area contributed by atoms with E-state index < -0.39 is 0 Å². The number of carbonyl (C=O) groups is 2. The van der Waals surface area contributed by atoms with E-state index in [2.05, 4.69) is 10.5 Å². The lowest BCUT2D eigenvalue weighted by atomic mass is 9.94. The van der Waals surface area contributed by atoms with E-state index in [1.807, 2.05) is 30.3 Å². The molecule has 6 heteroatoms. The Morgan fingerprint density at radius 1 is 1.22 bits per heavy atom. The number of rotatable bonds is 6. The van der Waals surface area contributed by atoms with Crippen LogP contribution in [0.15, 0.2) is 47.0 Å². The number of nitrogens with zero attached hydrogens (tertiary/aromatic N) is 2. The Morgan fingerprint density at radius 3 is 2.63 bits per heavy atom. The summed E-state index contributed by atoms with van der Waals surface area (Å²) in [5.74, 6) is 0.581. The molecule has 2 aromatic rings. The first-order chi connectivity index (χ1) is 13.1. The number of nitrogens with one attached hydrogen (secondary N) is 1. The summed E-state index contributed by atoms with van der Waals surface area (Å²) in [6.07, 6.45) is 8.56. The number of carbonyl (C=O) groups excluding carboxylic acids is 2. The Balaban J connectivity index is 1.68. The Morgan fingerprint density at radius 2 is 1.96 bits per heavy atom. The number of hydrogen-bond acceptors (Lipinski definition) is 4. The van der Waals surface area contributed by atoms with E-state index in [1.54, 1.807) is 30.0 Å². The first kappa shape index (κ1) is 18.9. The summed E-state index contributed by atoms with van der Waals surface area (Å²) in [6.45, 7) is 1.77. The highest BCUT2D eigenvalue weighted by Crippen LogP contribution is 2.23. The zero-order chi connectivity index (χ0) is 19.1. The number of benzene rings is 1. The Labute approximate surface area is 159 Å². The molecule has 2 amide bonds. The summed E-state index contributed by atoms with van der Waals surface area (Å²) < 4.78 is 4.97. The average molecular weight is 367 g/mol. The van der Waals surface area contributed by atoms with Crippen LogP contribution in [0.1, 0.15) is 43.4 Å². The molecule has 0 bridgehead atoms. The third-order valence-corrected chi connectivity index (χ3v) is 4.73. The summed E-state index contributed by atoms with van der Waals surface area (Å²) in [6, 6.07) is 11.4. The summed E-state index contributed by atoms with van der Waals surface area (Å²) in [5.41, 5.74) is 0.956. The van der Waals surface area contributed by atoms with Gasteiger partial charge in [-0.1, -0.05) is 54.8 Å². The molecule has 27 heavy (non-hydrogen) atoms. The summed E-state index contributed by atoms with van der Waals surface area (Å²) in [5, 5.41) is 6.47. The molecule has 0 aliphatic heterocycles. The van der Waals surface area contributed by atoms with Crippen LogP contribution in [0.25, 0.3) is 6.08 Å². The van der Waals surface area contributed by atoms with E-state index in [-0.39, 0.29) is 24.4 Å². The van der Waals surface area contributed by atoms with Crippen LogP contribution in [0, 0.1) is 6.92 Å². The van der Waals surface area contributed by atoms with Crippen LogP contribution in [0.3, 0.4) is 0 Å². The fraction of sp³-hybridized carbons (Fsp3) is 0.381. The molecule has 1 heterocycles. The molecule has 3 rings (SSSR count). The molecule has 0 unspecified atom stereocenters. The molecule has 0 saturated heterocycles. The zero-order valence-corrected chi connectivity index (χ0v) is 15.6. The topological polar surface area (TPSA) is 75.4 Å². The van der Waals surface area contributed by atoms with E-state index in [1.165, 1.54) is 6.42 Å². The van der Waals surface area contributed by atoms with Crippen molar-refractivity contribution in [3.8, 4) is 0 Å². The normalized spacial score (nSPS) is 15.0. The highest BCUT2D eigenvalue weighted by molar-refractivity contribution is 5.97. The molecule has 0 spiro atoms. The van der Waals surface area contributed by atoms with Crippen molar-refractivity contribution >= 4 is 23.7 Å². The van der Waals surface area contributed by atoms with Crippen molar-refractivity contribution in [2.75, 3.05) is 11.9 Å². The highest BCUT2D eigenvalue weighted by Gasteiger charge is 2.26. The van der Waals surface area contributed by atoms with E-state index in [4.69, 9.17) is 4.52 Å². The second-order valence-corrected chi connectivity index (χ2v) is 6.87.